The topological polar surface area (TPSA) is 51.2 Å². The first-order valence-corrected chi connectivity index (χ1v) is 8.89. The van der Waals surface area contributed by atoms with Gasteiger partial charge in [-0.05, 0) is 36.8 Å². The fourth-order valence-corrected chi connectivity index (χ4v) is 4.01. The van der Waals surface area contributed by atoms with Crippen molar-refractivity contribution < 1.29 is 9.53 Å². The number of methoxy groups -OCH3 is 1. The first kappa shape index (κ1) is 15.8. The second-order valence-corrected chi connectivity index (χ2v) is 7.24. The van der Waals surface area contributed by atoms with Crippen molar-refractivity contribution in [1.82, 2.24) is 4.98 Å². The summed E-state index contributed by atoms with van der Waals surface area (Å²) in [4.78, 5) is 16.7. The van der Waals surface area contributed by atoms with Gasteiger partial charge in [0.2, 0.25) is 5.91 Å². The SMILES string of the molecule is COc1ccc(C)cc1NC(=O)CSc1nc2ccccc2s1. The van der Waals surface area contributed by atoms with E-state index in [4.69, 9.17) is 4.74 Å². The highest BCUT2D eigenvalue weighted by Crippen LogP contribution is 2.30. The van der Waals surface area contributed by atoms with Gasteiger partial charge in [0, 0.05) is 0 Å². The minimum Gasteiger partial charge on any atom is -0.495 e. The molecule has 0 aliphatic heterocycles. The van der Waals surface area contributed by atoms with Crippen LogP contribution in [-0.4, -0.2) is 23.8 Å². The summed E-state index contributed by atoms with van der Waals surface area (Å²) in [6.07, 6.45) is 0. The zero-order valence-electron chi connectivity index (χ0n) is 12.8. The van der Waals surface area contributed by atoms with Crippen LogP contribution in [0.3, 0.4) is 0 Å². The Hall–Kier alpha value is -2.05. The van der Waals surface area contributed by atoms with E-state index in [1.54, 1.807) is 18.4 Å². The number of nitrogens with zero attached hydrogens (tertiary/aromatic N) is 1. The van der Waals surface area contributed by atoms with Gasteiger partial charge in [-0.3, -0.25) is 4.79 Å². The van der Waals surface area contributed by atoms with E-state index >= 15 is 0 Å². The lowest BCUT2D eigenvalue weighted by atomic mass is 10.2. The molecule has 3 aromatic rings. The molecule has 0 aliphatic carbocycles. The molecular weight excluding hydrogens is 328 g/mol. The van der Waals surface area contributed by atoms with Gasteiger partial charge in [0.25, 0.3) is 0 Å². The number of amides is 1. The maximum Gasteiger partial charge on any atom is 0.234 e. The molecule has 0 aliphatic rings. The molecular formula is C17H16N2O2S2. The van der Waals surface area contributed by atoms with Crippen molar-refractivity contribution in [2.45, 2.75) is 11.3 Å². The number of hydrogen-bond donors (Lipinski definition) is 1. The largest absolute Gasteiger partial charge is 0.495 e. The van der Waals surface area contributed by atoms with Crippen molar-refractivity contribution in [2.24, 2.45) is 0 Å². The van der Waals surface area contributed by atoms with Crippen LogP contribution in [0.15, 0.2) is 46.8 Å². The molecule has 1 heterocycles. The Balaban J connectivity index is 1.64. The molecule has 1 aromatic heterocycles. The first-order valence-electron chi connectivity index (χ1n) is 7.08. The lowest BCUT2D eigenvalue weighted by Crippen LogP contribution is -2.14. The Morgan fingerprint density at radius 3 is 2.91 bits per heavy atom. The van der Waals surface area contributed by atoms with Gasteiger partial charge >= 0.3 is 0 Å². The van der Waals surface area contributed by atoms with Crippen LogP contribution >= 0.6 is 23.1 Å². The van der Waals surface area contributed by atoms with Crippen LogP contribution in [-0.2, 0) is 4.79 Å². The number of carbonyl (C=O) groups is 1. The number of fused-ring (bicyclic) bond motifs is 1. The first-order chi connectivity index (χ1) is 11.2. The number of para-hydroxylation sites is 1. The average molecular weight is 344 g/mol. The number of benzene rings is 2. The lowest BCUT2D eigenvalue weighted by Gasteiger charge is -2.10. The number of nitrogens with one attached hydrogen (secondary N) is 1. The summed E-state index contributed by atoms with van der Waals surface area (Å²) in [5, 5.41) is 2.90. The fourth-order valence-electron chi connectivity index (χ4n) is 2.15. The third-order valence-electron chi connectivity index (χ3n) is 3.23. The Morgan fingerprint density at radius 2 is 2.13 bits per heavy atom. The van der Waals surface area contributed by atoms with E-state index in [1.807, 2.05) is 49.4 Å². The standard InChI is InChI=1S/C17H16N2O2S2/c1-11-7-8-14(21-2)13(9-11)18-16(20)10-22-17-19-12-5-3-4-6-15(12)23-17/h3-9H,10H2,1-2H3,(H,18,20). The van der Waals surface area contributed by atoms with Crippen LogP contribution in [0.5, 0.6) is 5.75 Å². The Bertz CT molecular complexity index is 812. The van der Waals surface area contributed by atoms with Gasteiger partial charge in [-0.15, -0.1) is 11.3 Å². The zero-order chi connectivity index (χ0) is 16.2. The van der Waals surface area contributed by atoms with E-state index in [1.165, 1.54) is 11.8 Å². The molecule has 4 nitrogen and oxygen atoms in total. The molecule has 6 heteroatoms. The molecule has 0 fully saturated rings. The van der Waals surface area contributed by atoms with Gasteiger partial charge in [-0.1, -0.05) is 30.0 Å². The van der Waals surface area contributed by atoms with Crippen molar-refractivity contribution in [3.63, 3.8) is 0 Å². The number of carbonyl (C=O) groups excluding carboxylic acids is 1. The lowest BCUT2D eigenvalue weighted by molar-refractivity contribution is -0.113. The molecule has 23 heavy (non-hydrogen) atoms. The molecule has 3 rings (SSSR count). The number of aryl methyl sites for hydroxylation is 1. The number of thiazole rings is 1. The quantitative estimate of drug-likeness (QED) is 0.699. The van der Waals surface area contributed by atoms with Gasteiger partial charge < -0.3 is 10.1 Å². The third-order valence-corrected chi connectivity index (χ3v) is 5.41. The maximum atomic E-state index is 12.2. The monoisotopic (exact) mass is 344 g/mol. The zero-order valence-corrected chi connectivity index (χ0v) is 14.5. The number of rotatable bonds is 5. The maximum absolute atomic E-state index is 12.2. The van der Waals surface area contributed by atoms with E-state index in [-0.39, 0.29) is 5.91 Å². The smallest absolute Gasteiger partial charge is 0.234 e. The molecule has 0 unspecified atom stereocenters. The van der Waals surface area contributed by atoms with Crippen molar-refractivity contribution in [3.05, 3.63) is 48.0 Å². The molecule has 118 valence electrons. The summed E-state index contributed by atoms with van der Waals surface area (Å²) in [6, 6.07) is 13.7. The molecule has 2 aromatic carbocycles. The molecule has 0 saturated heterocycles. The highest BCUT2D eigenvalue weighted by molar-refractivity contribution is 8.01. The molecule has 0 bridgehead atoms. The summed E-state index contributed by atoms with van der Waals surface area (Å²) in [7, 11) is 1.59. The molecule has 1 amide bonds. The van der Waals surface area contributed by atoms with Crippen molar-refractivity contribution in [2.75, 3.05) is 18.2 Å². The predicted octanol–water partition coefficient (Wildman–Crippen LogP) is 4.34. The highest BCUT2D eigenvalue weighted by atomic mass is 32.2. The number of thioether (sulfide) groups is 1. The average Bonchev–Trinajstić information content (AvgIpc) is 2.96. The molecule has 0 radical (unpaired) electrons. The van der Waals surface area contributed by atoms with Crippen LogP contribution in [0.2, 0.25) is 0 Å². The van der Waals surface area contributed by atoms with Gasteiger partial charge in [-0.2, -0.15) is 0 Å². The molecule has 0 atom stereocenters. The Morgan fingerprint density at radius 1 is 1.30 bits per heavy atom. The van der Waals surface area contributed by atoms with E-state index in [0.717, 1.165) is 20.1 Å². The summed E-state index contributed by atoms with van der Waals surface area (Å²) in [5.74, 6) is 0.906. The third kappa shape index (κ3) is 3.83. The van der Waals surface area contributed by atoms with E-state index in [0.29, 0.717) is 17.2 Å². The minimum atomic E-state index is -0.0712. The Labute approximate surface area is 142 Å². The summed E-state index contributed by atoms with van der Waals surface area (Å²) in [5.41, 5.74) is 2.74. The van der Waals surface area contributed by atoms with Crippen molar-refractivity contribution >= 4 is 44.9 Å². The van der Waals surface area contributed by atoms with E-state index < -0.39 is 0 Å². The number of ether oxygens (including phenoxy) is 1. The fraction of sp³-hybridized carbons (Fsp3) is 0.176. The van der Waals surface area contributed by atoms with Gasteiger partial charge in [0.1, 0.15) is 5.75 Å². The Kier molecular flexibility index (Phi) is 4.83. The molecule has 0 spiro atoms. The van der Waals surface area contributed by atoms with E-state index in [2.05, 4.69) is 10.3 Å². The second kappa shape index (κ2) is 7.02. The predicted molar refractivity (Wildman–Crippen MR) is 96.7 cm³/mol. The molecule has 1 N–H and O–H groups in total. The van der Waals surface area contributed by atoms with E-state index in [9.17, 15) is 4.79 Å². The summed E-state index contributed by atoms with van der Waals surface area (Å²) < 4.78 is 7.31. The minimum absolute atomic E-state index is 0.0712. The van der Waals surface area contributed by atoms with Crippen LogP contribution in [0.1, 0.15) is 5.56 Å². The van der Waals surface area contributed by atoms with Gasteiger partial charge in [-0.25, -0.2) is 4.98 Å². The number of aromatic nitrogens is 1. The number of hydrogen-bond acceptors (Lipinski definition) is 5. The van der Waals surface area contributed by atoms with Crippen LogP contribution in [0.4, 0.5) is 5.69 Å². The van der Waals surface area contributed by atoms with Gasteiger partial charge in [0.05, 0.1) is 28.8 Å². The highest BCUT2D eigenvalue weighted by Gasteiger charge is 2.10. The number of anilines is 1. The normalized spacial score (nSPS) is 10.7. The second-order valence-electron chi connectivity index (χ2n) is 4.99. The van der Waals surface area contributed by atoms with Crippen molar-refractivity contribution in [1.29, 1.82) is 0 Å². The van der Waals surface area contributed by atoms with Crippen LogP contribution in [0.25, 0.3) is 10.2 Å². The summed E-state index contributed by atoms with van der Waals surface area (Å²) >= 11 is 3.05. The molecule has 0 saturated carbocycles. The summed E-state index contributed by atoms with van der Waals surface area (Å²) in [6.45, 7) is 1.98. The van der Waals surface area contributed by atoms with Gasteiger partial charge in [0.15, 0.2) is 4.34 Å². The van der Waals surface area contributed by atoms with Crippen LogP contribution < -0.4 is 10.1 Å². The van der Waals surface area contributed by atoms with Crippen molar-refractivity contribution in [3.8, 4) is 5.75 Å². The van der Waals surface area contributed by atoms with Crippen LogP contribution in [0, 0.1) is 6.92 Å².